The van der Waals surface area contributed by atoms with Gasteiger partial charge >= 0.3 is 6.09 Å². The maximum Gasteiger partial charge on any atom is 0.412 e. The molecule has 4 N–H and O–H groups in total. The van der Waals surface area contributed by atoms with Crippen LogP contribution in [0.3, 0.4) is 0 Å². The molecule has 1 heterocycles. The van der Waals surface area contributed by atoms with E-state index in [9.17, 15) is 4.79 Å². The molecule has 1 amide bonds. The molecule has 2 aromatic rings. The van der Waals surface area contributed by atoms with Crippen LogP contribution in [0, 0.1) is 6.92 Å². The number of aryl methyl sites for hydroxylation is 3. The Hall–Kier alpha value is -2.50. The fraction of sp³-hybridized carbons (Fsp3) is 0.412. The average molecular weight is 316 g/mol. The third-order valence-electron chi connectivity index (χ3n) is 3.30. The highest BCUT2D eigenvalue weighted by atomic mass is 16.6. The number of nitrogen functional groups attached to an aromatic ring is 1. The van der Waals surface area contributed by atoms with Crippen molar-refractivity contribution in [3.63, 3.8) is 0 Å². The molecule has 0 radical (unpaired) electrons. The quantitative estimate of drug-likeness (QED) is 0.805. The number of anilines is 2. The maximum absolute atomic E-state index is 11.8. The smallest absolute Gasteiger partial charge is 0.412 e. The number of amides is 1. The molecule has 124 valence electrons. The Kier molecular flexibility index (Phi) is 4.93. The summed E-state index contributed by atoms with van der Waals surface area (Å²) >= 11 is 0. The summed E-state index contributed by atoms with van der Waals surface area (Å²) in [4.78, 5) is 11.8. The van der Waals surface area contributed by atoms with Gasteiger partial charge in [0.2, 0.25) is 0 Å². The fourth-order valence-corrected chi connectivity index (χ4v) is 2.21. The zero-order valence-electron chi connectivity index (χ0n) is 14.1. The van der Waals surface area contributed by atoms with Crippen molar-refractivity contribution >= 4 is 17.6 Å². The number of carbonyl (C=O) groups is 1. The van der Waals surface area contributed by atoms with Gasteiger partial charge in [-0.1, -0.05) is 6.07 Å². The number of rotatable bonds is 4. The second-order valence-electron chi connectivity index (χ2n) is 6.58. The Balaban J connectivity index is 2.02. The molecule has 0 aliphatic rings. The van der Waals surface area contributed by atoms with Crippen molar-refractivity contribution in [1.29, 1.82) is 0 Å². The average Bonchev–Trinajstić information content (AvgIpc) is 2.83. The molecule has 0 atom stereocenters. The van der Waals surface area contributed by atoms with E-state index in [1.54, 1.807) is 0 Å². The maximum atomic E-state index is 11.8. The molecule has 1 aromatic heterocycles. The lowest BCUT2D eigenvalue weighted by molar-refractivity contribution is 0.0636. The molecule has 0 aliphatic carbocycles. The standard InChI is InChI=1S/C17H24N4O2/c1-11-5-7-13(19-16(22)23-17(2,3)4)9-12(11)6-8-14-10-15(18)21-20-14/h5,7,9-10H,6,8H2,1-4H3,(H,19,22)(H3,18,20,21). The minimum Gasteiger partial charge on any atom is -0.444 e. The van der Waals surface area contributed by atoms with Crippen molar-refractivity contribution in [2.75, 3.05) is 11.1 Å². The van der Waals surface area contributed by atoms with Crippen molar-refractivity contribution in [3.05, 3.63) is 41.1 Å². The predicted octanol–water partition coefficient (Wildman–Crippen LogP) is 3.43. The summed E-state index contributed by atoms with van der Waals surface area (Å²) in [5, 5.41) is 9.63. The summed E-state index contributed by atoms with van der Waals surface area (Å²) in [7, 11) is 0. The van der Waals surface area contributed by atoms with Crippen LogP contribution in [0.1, 0.15) is 37.6 Å². The van der Waals surface area contributed by atoms with Crippen LogP contribution in [0.25, 0.3) is 0 Å². The van der Waals surface area contributed by atoms with Gasteiger partial charge in [0.15, 0.2) is 0 Å². The Morgan fingerprint density at radius 1 is 1.30 bits per heavy atom. The summed E-state index contributed by atoms with van der Waals surface area (Å²) in [6.45, 7) is 7.56. The Bertz CT molecular complexity index is 686. The number of nitrogens with one attached hydrogen (secondary N) is 2. The van der Waals surface area contributed by atoms with Gasteiger partial charge in [-0.05, 0) is 63.8 Å². The summed E-state index contributed by atoms with van der Waals surface area (Å²) < 4.78 is 5.27. The SMILES string of the molecule is Cc1ccc(NC(=O)OC(C)(C)C)cc1CCc1cc(N)[nH]n1. The van der Waals surface area contributed by atoms with Crippen LogP contribution >= 0.6 is 0 Å². The number of hydrogen-bond donors (Lipinski definition) is 3. The van der Waals surface area contributed by atoms with E-state index in [4.69, 9.17) is 10.5 Å². The Morgan fingerprint density at radius 3 is 2.65 bits per heavy atom. The van der Waals surface area contributed by atoms with E-state index in [1.807, 2.05) is 52.0 Å². The zero-order chi connectivity index (χ0) is 17.0. The molecule has 2 rings (SSSR count). The Morgan fingerprint density at radius 2 is 2.04 bits per heavy atom. The molecule has 6 nitrogen and oxygen atoms in total. The van der Waals surface area contributed by atoms with Gasteiger partial charge in [-0.25, -0.2) is 4.79 Å². The number of aromatic amines is 1. The van der Waals surface area contributed by atoms with Gasteiger partial charge in [-0.3, -0.25) is 10.4 Å². The van der Waals surface area contributed by atoms with E-state index in [-0.39, 0.29) is 0 Å². The first-order valence-electron chi connectivity index (χ1n) is 7.62. The topological polar surface area (TPSA) is 93.0 Å². The number of nitrogens with two attached hydrogens (primary N) is 1. The van der Waals surface area contributed by atoms with E-state index < -0.39 is 11.7 Å². The highest BCUT2D eigenvalue weighted by molar-refractivity contribution is 5.85. The van der Waals surface area contributed by atoms with Crippen LogP contribution in [0.2, 0.25) is 0 Å². The highest BCUT2D eigenvalue weighted by Gasteiger charge is 2.16. The molecule has 23 heavy (non-hydrogen) atoms. The van der Waals surface area contributed by atoms with Crippen molar-refractivity contribution < 1.29 is 9.53 Å². The van der Waals surface area contributed by atoms with Crippen LogP contribution in [0.5, 0.6) is 0 Å². The largest absolute Gasteiger partial charge is 0.444 e. The summed E-state index contributed by atoms with van der Waals surface area (Å²) in [6, 6.07) is 7.66. The zero-order valence-corrected chi connectivity index (χ0v) is 14.1. The number of ether oxygens (including phenoxy) is 1. The fourth-order valence-electron chi connectivity index (χ4n) is 2.21. The van der Waals surface area contributed by atoms with Crippen LogP contribution < -0.4 is 11.1 Å². The lowest BCUT2D eigenvalue weighted by atomic mass is 10.0. The van der Waals surface area contributed by atoms with Crippen molar-refractivity contribution in [2.24, 2.45) is 0 Å². The molecule has 0 spiro atoms. The van der Waals surface area contributed by atoms with E-state index in [0.717, 1.165) is 29.8 Å². The van der Waals surface area contributed by atoms with Gasteiger partial charge in [0, 0.05) is 11.8 Å². The van der Waals surface area contributed by atoms with Gasteiger partial charge in [0.25, 0.3) is 0 Å². The van der Waals surface area contributed by atoms with Gasteiger partial charge in [-0.2, -0.15) is 5.10 Å². The first-order chi connectivity index (χ1) is 10.7. The van der Waals surface area contributed by atoms with Crippen LogP contribution in [0.4, 0.5) is 16.3 Å². The van der Waals surface area contributed by atoms with Crippen molar-refractivity contribution in [1.82, 2.24) is 10.2 Å². The molecule has 1 aromatic carbocycles. The van der Waals surface area contributed by atoms with Crippen molar-refractivity contribution in [2.45, 2.75) is 46.1 Å². The molecule has 6 heteroatoms. The normalized spacial score (nSPS) is 11.3. The van der Waals surface area contributed by atoms with Gasteiger partial charge in [0.05, 0.1) is 5.69 Å². The predicted molar refractivity (Wildman–Crippen MR) is 91.4 cm³/mol. The monoisotopic (exact) mass is 316 g/mol. The van der Waals surface area contributed by atoms with E-state index >= 15 is 0 Å². The van der Waals surface area contributed by atoms with E-state index in [0.29, 0.717) is 5.82 Å². The number of carbonyl (C=O) groups excluding carboxylic acids is 1. The first kappa shape index (κ1) is 16.9. The van der Waals surface area contributed by atoms with E-state index in [1.165, 1.54) is 5.56 Å². The molecule has 0 bridgehead atoms. The highest BCUT2D eigenvalue weighted by Crippen LogP contribution is 2.18. The van der Waals surface area contributed by atoms with Crippen LogP contribution in [-0.4, -0.2) is 21.9 Å². The molecule has 0 saturated carbocycles. The molecular formula is C17H24N4O2. The number of H-pyrrole nitrogens is 1. The summed E-state index contributed by atoms with van der Waals surface area (Å²) in [5.74, 6) is 0.567. The molecule has 0 unspecified atom stereocenters. The second kappa shape index (κ2) is 6.73. The van der Waals surface area contributed by atoms with E-state index in [2.05, 4.69) is 15.5 Å². The minimum absolute atomic E-state index is 0.452. The minimum atomic E-state index is -0.516. The number of aromatic nitrogens is 2. The summed E-state index contributed by atoms with van der Waals surface area (Å²) in [5.41, 5.74) is 9.08. The van der Waals surface area contributed by atoms with Crippen LogP contribution in [-0.2, 0) is 17.6 Å². The number of hydrogen-bond acceptors (Lipinski definition) is 4. The number of benzene rings is 1. The Labute approximate surface area is 136 Å². The lowest BCUT2D eigenvalue weighted by Crippen LogP contribution is -2.27. The van der Waals surface area contributed by atoms with Crippen molar-refractivity contribution in [3.8, 4) is 0 Å². The van der Waals surface area contributed by atoms with Gasteiger partial charge < -0.3 is 10.5 Å². The number of nitrogens with zero attached hydrogens (tertiary/aromatic N) is 1. The lowest BCUT2D eigenvalue weighted by Gasteiger charge is -2.20. The third-order valence-corrected chi connectivity index (χ3v) is 3.30. The second-order valence-corrected chi connectivity index (χ2v) is 6.58. The molecule has 0 aliphatic heterocycles. The molecule has 0 saturated heterocycles. The third kappa shape index (κ3) is 5.32. The summed E-state index contributed by atoms with van der Waals surface area (Å²) in [6.07, 6.45) is 1.15. The van der Waals surface area contributed by atoms with Crippen LogP contribution in [0.15, 0.2) is 24.3 Å². The molecular weight excluding hydrogens is 292 g/mol. The molecule has 0 fully saturated rings. The van der Waals surface area contributed by atoms with Gasteiger partial charge in [-0.15, -0.1) is 0 Å². The first-order valence-corrected chi connectivity index (χ1v) is 7.62. The van der Waals surface area contributed by atoms with Gasteiger partial charge in [0.1, 0.15) is 11.4 Å².